The van der Waals surface area contributed by atoms with Crippen LogP contribution in [-0.2, 0) is 10.2 Å². The SMILES string of the molecule is CN1N=C(CSc2ccc(Cl)cc2)/C(=C\c2ccc(C(C)(C)C)cc2)C1=O. The van der Waals surface area contributed by atoms with E-state index in [0.717, 1.165) is 16.2 Å². The summed E-state index contributed by atoms with van der Waals surface area (Å²) in [5.41, 5.74) is 3.83. The van der Waals surface area contributed by atoms with Crippen molar-refractivity contribution in [2.45, 2.75) is 31.1 Å². The minimum atomic E-state index is -0.0680. The summed E-state index contributed by atoms with van der Waals surface area (Å²) < 4.78 is 0. The Labute approximate surface area is 170 Å². The molecular formula is C22H23ClN2OS. The van der Waals surface area contributed by atoms with E-state index in [9.17, 15) is 4.79 Å². The van der Waals surface area contributed by atoms with Crippen LogP contribution in [-0.4, -0.2) is 29.4 Å². The van der Waals surface area contributed by atoms with E-state index in [0.29, 0.717) is 16.3 Å². The summed E-state index contributed by atoms with van der Waals surface area (Å²) in [7, 11) is 1.69. The molecule has 0 aliphatic carbocycles. The van der Waals surface area contributed by atoms with Gasteiger partial charge in [0.15, 0.2) is 0 Å². The Hall–Kier alpha value is -2.04. The van der Waals surface area contributed by atoms with E-state index >= 15 is 0 Å². The molecule has 0 fully saturated rings. The molecule has 0 unspecified atom stereocenters. The van der Waals surface area contributed by atoms with Gasteiger partial charge in [0.05, 0.1) is 11.3 Å². The highest BCUT2D eigenvalue weighted by atomic mass is 35.5. The van der Waals surface area contributed by atoms with E-state index in [2.05, 4.69) is 50.1 Å². The molecule has 1 aliphatic heterocycles. The van der Waals surface area contributed by atoms with Crippen molar-refractivity contribution in [3.05, 3.63) is 70.3 Å². The number of carbonyl (C=O) groups is 1. The quantitative estimate of drug-likeness (QED) is 0.493. The number of thioether (sulfide) groups is 1. The molecule has 2 aromatic carbocycles. The lowest BCUT2D eigenvalue weighted by Gasteiger charge is -2.18. The van der Waals surface area contributed by atoms with Crippen LogP contribution in [0.1, 0.15) is 31.9 Å². The van der Waals surface area contributed by atoms with Gasteiger partial charge in [0.1, 0.15) is 0 Å². The Morgan fingerprint density at radius 3 is 2.30 bits per heavy atom. The Kier molecular flexibility index (Phi) is 5.78. The molecule has 2 aromatic rings. The summed E-state index contributed by atoms with van der Waals surface area (Å²) in [6.07, 6.45) is 1.93. The minimum Gasteiger partial charge on any atom is -0.267 e. The third kappa shape index (κ3) is 4.82. The van der Waals surface area contributed by atoms with Crippen molar-refractivity contribution in [3.8, 4) is 0 Å². The van der Waals surface area contributed by atoms with Gasteiger partial charge < -0.3 is 0 Å². The van der Waals surface area contributed by atoms with Crippen molar-refractivity contribution in [1.82, 2.24) is 5.01 Å². The maximum absolute atomic E-state index is 12.5. The molecule has 0 saturated heterocycles. The summed E-state index contributed by atoms with van der Waals surface area (Å²) in [6, 6.07) is 16.0. The molecule has 3 nitrogen and oxygen atoms in total. The normalized spacial score (nSPS) is 16.2. The molecule has 27 heavy (non-hydrogen) atoms. The number of hydrazone groups is 1. The highest BCUT2D eigenvalue weighted by Gasteiger charge is 2.27. The number of likely N-dealkylation sites (N-methyl/N-ethyl adjacent to an activating group) is 1. The molecule has 1 amide bonds. The van der Waals surface area contributed by atoms with Gasteiger partial charge in [-0.3, -0.25) is 4.79 Å². The number of nitrogens with zero attached hydrogens (tertiary/aromatic N) is 2. The Morgan fingerprint density at radius 1 is 1.07 bits per heavy atom. The summed E-state index contributed by atoms with van der Waals surface area (Å²) >= 11 is 7.58. The first-order chi connectivity index (χ1) is 12.7. The van der Waals surface area contributed by atoms with Crippen molar-refractivity contribution in [2.24, 2.45) is 5.10 Å². The number of halogens is 1. The Balaban J connectivity index is 1.79. The largest absolute Gasteiger partial charge is 0.275 e. The van der Waals surface area contributed by atoms with Crippen LogP contribution in [0, 0.1) is 0 Å². The predicted octanol–water partition coefficient (Wildman–Crippen LogP) is 5.64. The zero-order valence-corrected chi connectivity index (χ0v) is 17.6. The maximum Gasteiger partial charge on any atom is 0.275 e. The summed E-state index contributed by atoms with van der Waals surface area (Å²) in [4.78, 5) is 13.6. The smallest absolute Gasteiger partial charge is 0.267 e. The van der Waals surface area contributed by atoms with Gasteiger partial charge in [-0.05, 0) is 46.9 Å². The minimum absolute atomic E-state index is 0.0680. The molecule has 0 spiro atoms. The van der Waals surface area contributed by atoms with Crippen LogP contribution < -0.4 is 0 Å². The average molecular weight is 399 g/mol. The zero-order chi connectivity index (χ0) is 19.6. The van der Waals surface area contributed by atoms with E-state index in [1.54, 1.807) is 18.8 Å². The van der Waals surface area contributed by atoms with Crippen molar-refractivity contribution in [2.75, 3.05) is 12.8 Å². The van der Waals surface area contributed by atoms with Crippen molar-refractivity contribution < 1.29 is 4.79 Å². The first kappa shape index (κ1) is 19.7. The van der Waals surface area contributed by atoms with Crippen LogP contribution in [0.2, 0.25) is 5.02 Å². The summed E-state index contributed by atoms with van der Waals surface area (Å²) in [5.74, 6) is 0.561. The van der Waals surface area contributed by atoms with Crippen LogP contribution in [0.4, 0.5) is 0 Å². The zero-order valence-electron chi connectivity index (χ0n) is 16.0. The third-order valence-electron chi connectivity index (χ3n) is 4.38. The van der Waals surface area contributed by atoms with Crippen LogP contribution >= 0.6 is 23.4 Å². The molecule has 0 bridgehead atoms. The van der Waals surface area contributed by atoms with Crippen molar-refractivity contribution in [3.63, 3.8) is 0 Å². The van der Waals surface area contributed by atoms with Gasteiger partial charge in [0, 0.05) is 22.7 Å². The highest BCUT2D eigenvalue weighted by molar-refractivity contribution is 8.00. The van der Waals surface area contributed by atoms with Gasteiger partial charge in [-0.15, -0.1) is 11.8 Å². The van der Waals surface area contributed by atoms with Crippen LogP contribution in [0.25, 0.3) is 6.08 Å². The van der Waals surface area contributed by atoms with Crippen LogP contribution in [0.15, 0.2) is 64.1 Å². The molecular weight excluding hydrogens is 376 g/mol. The topological polar surface area (TPSA) is 32.7 Å². The van der Waals surface area contributed by atoms with E-state index < -0.39 is 0 Å². The lowest BCUT2D eigenvalue weighted by atomic mass is 9.86. The Morgan fingerprint density at radius 2 is 1.70 bits per heavy atom. The molecule has 140 valence electrons. The monoisotopic (exact) mass is 398 g/mol. The molecule has 0 N–H and O–H groups in total. The molecule has 1 heterocycles. The molecule has 5 heteroatoms. The second-order valence-electron chi connectivity index (χ2n) is 7.55. The molecule has 1 aliphatic rings. The number of hydrogen-bond acceptors (Lipinski definition) is 3. The molecule has 0 aromatic heterocycles. The first-order valence-electron chi connectivity index (χ1n) is 8.80. The fourth-order valence-corrected chi connectivity index (χ4v) is 3.73. The summed E-state index contributed by atoms with van der Waals surface area (Å²) in [5, 5.41) is 6.55. The Bertz CT molecular complexity index is 893. The van der Waals surface area contributed by atoms with E-state index in [-0.39, 0.29) is 11.3 Å². The van der Waals surface area contributed by atoms with E-state index in [1.165, 1.54) is 10.6 Å². The van der Waals surface area contributed by atoms with Gasteiger partial charge in [-0.2, -0.15) is 5.10 Å². The van der Waals surface area contributed by atoms with Crippen LogP contribution in [0.5, 0.6) is 0 Å². The third-order valence-corrected chi connectivity index (χ3v) is 5.66. The van der Waals surface area contributed by atoms with Gasteiger partial charge in [0.2, 0.25) is 0 Å². The maximum atomic E-state index is 12.5. The van der Waals surface area contributed by atoms with E-state index in [1.807, 2.05) is 30.3 Å². The number of carbonyl (C=O) groups excluding carboxylic acids is 1. The number of amides is 1. The molecule has 0 radical (unpaired) electrons. The molecule has 0 atom stereocenters. The lowest BCUT2D eigenvalue weighted by Crippen LogP contribution is -2.17. The first-order valence-corrected chi connectivity index (χ1v) is 10.2. The van der Waals surface area contributed by atoms with Crippen LogP contribution in [0.3, 0.4) is 0 Å². The number of benzene rings is 2. The molecule has 0 saturated carbocycles. The van der Waals surface area contributed by atoms with Crippen molar-refractivity contribution in [1.29, 1.82) is 0 Å². The fraction of sp³-hybridized carbons (Fsp3) is 0.273. The average Bonchev–Trinajstić information content (AvgIpc) is 2.89. The standard InChI is InChI=1S/C22H23ClN2OS/c1-22(2,3)16-7-5-15(6-8-16)13-19-20(24-25(4)21(19)26)14-27-18-11-9-17(23)10-12-18/h5-13H,14H2,1-4H3/b19-13+. The highest BCUT2D eigenvalue weighted by Crippen LogP contribution is 2.26. The summed E-state index contributed by atoms with van der Waals surface area (Å²) in [6.45, 7) is 6.57. The van der Waals surface area contributed by atoms with Gasteiger partial charge >= 0.3 is 0 Å². The van der Waals surface area contributed by atoms with Crippen molar-refractivity contribution >= 4 is 41.1 Å². The second-order valence-corrected chi connectivity index (χ2v) is 9.03. The van der Waals surface area contributed by atoms with Gasteiger partial charge in [-0.1, -0.05) is 56.6 Å². The second kappa shape index (κ2) is 7.91. The number of rotatable bonds is 4. The van der Waals surface area contributed by atoms with Gasteiger partial charge in [0.25, 0.3) is 5.91 Å². The lowest BCUT2D eigenvalue weighted by molar-refractivity contribution is -0.124. The van der Waals surface area contributed by atoms with E-state index in [4.69, 9.17) is 11.6 Å². The fourth-order valence-electron chi connectivity index (χ4n) is 2.76. The molecule has 3 rings (SSSR count). The van der Waals surface area contributed by atoms with Gasteiger partial charge in [-0.25, -0.2) is 5.01 Å². The number of hydrogen-bond donors (Lipinski definition) is 0. The predicted molar refractivity (Wildman–Crippen MR) is 116 cm³/mol.